The van der Waals surface area contributed by atoms with Gasteiger partial charge in [-0.2, -0.15) is 8.42 Å². The zero-order valence-corrected chi connectivity index (χ0v) is 15.9. The van der Waals surface area contributed by atoms with Crippen LogP contribution >= 0.6 is 0 Å². The summed E-state index contributed by atoms with van der Waals surface area (Å²) in [6.07, 6.45) is 11.5. The minimum atomic E-state index is -4.78. The SMILES string of the molecule is CCCCCCCCCCCCCOC(=O)C(CC(=O)O)S(=O)(=O)O.[NaH]. The van der Waals surface area contributed by atoms with Gasteiger partial charge in [-0.05, 0) is 6.42 Å². The molecule has 7 nitrogen and oxygen atoms in total. The number of rotatable bonds is 16. The molecule has 0 saturated carbocycles. The molecule has 0 aromatic rings. The maximum absolute atomic E-state index is 11.6. The van der Waals surface area contributed by atoms with Crippen LogP contribution in [-0.4, -0.2) is 71.4 Å². The van der Waals surface area contributed by atoms with Crippen LogP contribution in [0.5, 0.6) is 0 Å². The van der Waals surface area contributed by atoms with Gasteiger partial charge in [0, 0.05) is 0 Å². The normalized spacial score (nSPS) is 12.2. The Labute approximate surface area is 179 Å². The molecule has 0 fully saturated rings. The molecule has 0 aromatic carbocycles. The summed E-state index contributed by atoms with van der Waals surface area (Å²) >= 11 is 0. The molecule has 0 heterocycles. The van der Waals surface area contributed by atoms with E-state index in [0.717, 1.165) is 19.3 Å². The van der Waals surface area contributed by atoms with Crippen LogP contribution < -0.4 is 0 Å². The summed E-state index contributed by atoms with van der Waals surface area (Å²) in [4.78, 5) is 22.1. The van der Waals surface area contributed by atoms with E-state index >= 15 is 0 Å². The van der Waals surface area contributed by atoms with Gasteiger partial charge in [0.15, 0.2) is 5.25 Å². The van der Waals surface area contributed by atoms with E-state index in [1.807, 2.05) is 0 Å². The summed E-state index contributed by atoms with van der Waals surface area (Å²) in [6, 6.07) is 0. The summed E-state index contributed by atoms with van der Waals surface area (Å²) in [5, 5.41) is 6.53. The van der Waals surface area contributed by atoms with Crippen LogP contribution in [0.15, 0.2) is 0 Å². The molecule has 0 saturated heterocycles. The predicted octanol–water partition coefficient (Wildman–Crippen LogP) is 2.92. The van der Waals surface area contributed by atoms with Gasteiger partial charge in [-0.1, -0.05) is 71.1 Å². The van der Waals surface area contributed by atoms with E-state index in [1.165, 1.54) is 44.9 Å². The van der Waals surface area contributed by atoms with Crippen molar-refractivity contribution >= 4 is 51.6 Å². The number of carboxylic acids is 1. The molecule has 1 unspecified atom stereocenters. The van der Waals surface area contributed by atoms with Crippen LogP contribution in [0.25, 0.3) is 0 Å². The first kappa shape index (κ1) is 28.1. The quantitative estimate of drug-likeness (QED) is 0.176. The Morgan fingerprint density at radius 1 is 0.885 bits per heavy atom. The zero-order chi connectivity index (χ0) is 19.1. The summed E-state index contributed by atoms with van der Waals surface area (Å²) in [5.41, 5.74) is 0. The van der Waals surface area contributed by atoms with Crippen molar-refractivity contribution in [3.63, 3.8) is 0 Å². The molecule has 0 spiro atoms. The first-order valence-corrected chi connectivity index (χ1v) is 10.6. The Morgan fingerprint density at radius 2 is 1.31 bits per heavy atom. The molecule has 0 aromatic heterocycles. The molecule has 0 amide bonds. The maximum atomic E-state index is 11.6. The minimum absolute atomic E-state index is 0. The molecule has 0 aliphatic rings. The molecule has 0 bridgehead atoms. The van der Waals surface area contributed by atoms with Crippen LogP contribution in [0.3, 0.4) is 0 Å². The molecule has 0 aliphatic carbocycles. The number of hydrogen-bond donors (Lipinski definition) is 2. The molecule has 0 rings (SSSR count). The molecular formula is C17H33NaO7S. The van der Waals surface area contributed by atoms with Gasteiger partial charge in [0.25, 0.3) is 10.1 Å². The number of carboxylic acid groups (broad SMARTS) is 1. The van der Waals surface area contributed by atoms with Crippen LogP contribution in [0.4, 0.5) is 0 Å². The zero-order valence-electron chi connectivity index (χ0n) is 15.1. The number of esters is 1. The molecule has 26 heavy (non-hydrogen) atoms. The molecule has 1 atom stereocenters. The standard InChI is InChI=1S/C17H32O7S.Na.H/c1-2-3-4-5-6-7-8-9-10-11-12-13-24-17(20)15(14-16(18)19)25(21,22)23;;/h15H,2-14H2,1H3,(H,18,19)(H,21,22,23);;. The van der Waals surface area contributed by atoms with Crippen LogP contribution in [0, 0.1) is 0 Å². The molecule has 150 valence electrons. The first-order valence-electron chi connectivity index (χ1n) is 9.13. The molecule has 9 heteroatoms. The molecular weight excluding hydrogens is 371 g/mol. The van der Waals surface area contributed by atoms with Gasteiger partial charge in [0.1, 0.15) is 0 Å². The van der Waals surface area contributed by atoms with Crippen molar-refractivity contribution in [1.29, 1.82) is 0 Å². The topological polar surface area (TPSA) is 118 Å². The van der Waals surface area contributed by atoms with E-state index in [4.69, 9.17) is 14.4 Å². The second kappa shape index (κ2) is 17.0. The number of unbranched alkanes of at least 4 members (excludes halogenated alkanes) is 10. The number of hydrogen-bond acceptors (Lipinski definition) is 5. The molecule has 0 aliphatic heterocycles. The van der Waals surface area contributed by atoms with E-state index in [1.54, 1.807) is 0 Å². The van der Waals surface area contributed by atoms with Crippen molar-refractivity contribution < 1.29 is 32.4 Å². The summed E-state index contributed by atoms with van der Waals surface area (Å²) in [6.45, 7) is 2.23. The van der Waals surface area contributed by atoms with Crippen molar-refractivity contribution in [3.8, 4) is 0 Å². The molecule has 2 N–H and O–H groups in total. The van der Waals surface area contributed by atoms with Gasteiger partial charge in [-0.15, -0.1) is 0 Å². The molecule has 0 radical (unpaired) electrons. The van der Waals surface area contributed by atoms with Gasteiger partial charge in [0.2, 0.25) is 0 Å². The summed E-state index contributed by atoms with van der Waals surface area (Å²) in [5.74, 6) is -2.70. The van der Waals surface area contributed by atoms with Crippen molar-refractivity contribution in [2.75, 3.05) is 6.61 Å². The van der Waals surface area contributed by atoms with E-state index in [-0.39, 0.29) is 36.2 Å². The fourth-order valence-corrected chi connectivity index (χ4v) is 3.17. The second-order valence-corrected chi connectivity index (χ2v) is 7.90. The van der Waals surface area contributed by atoms with Crippen molar-refractivity contribution in [3.05, 3.63) is 0 Å². The number of carbonyl (C=O) groups is 2. The number of ether oxygens (including phenoxy) is 1. The Hall–Kier alpha value is -0.150. The number of aliphatic carboxylic acids is 1. The summed E-state index contributed by atoms with van der Waals surface area (Å²) in [7, 11) is -4.78. The predicted molar refractivity (Wildman–Crippen MR) is 102 cm³/mol. The Morgan fingerprint density at radius 3 is 1.69 bits per heavy atom. The van der Waals surface area contributed by atoms with Crippen LogP contribution in [0.2, 0.25) is 0 Å². The van der Waals surface area contributed by atoms with Crippen LogP contribution in [0.1, 0.15) is 84.0 Å². The van der Waals surface area contributed by atoms with Crippen molar-refractivity contribution in [1.82, 2.24) is 0 Å². The number of carbonyl (C=O) groups excluding carboxylic acids is 1. The Kier molecular flexibility index (Phi) is 18.3. The third-order valence-corrected chi connectivity index (χ3v) is 5.05. The van der Waals surface area contributed by atoms with Crippen molar-refractivity contribution in [2.45, 2.75) is 89.2 Å². The monoisotopic (exact) mass is 404 g/mol. The Bertz CT molecular complexity index is 480. The van der Waals surface area contributed by atoms with E-state index in [9.17, 15) is 18.0 Å². The van der Waals surface area contributed by atoms with E-state index in [0.29, 0.717) is 6.42 Å². The fourth-order valence-electron chi connectivity index (χ4n) is 2.50. The van der Waals surface area contributed by atoms with E-state index < -0.39 is 33.7 Å². The first-order chi connectivity index (χ1) is 11.8. The third-order valence-electron chi connectivity index (χ3n) is 3.97. The Balaban J connectivity index is 0. The van der Waals surface area contributed by atoms with E-state index in [2.05, 4.69) is 6.92 Å². The third kappa shape index (κ3) is 16.1. The average molecular weight is 405 g/mol. The van der Waals surface area contributed by atoms with Gasteiger partial charge in [0.05, 0.1) is 13.0 Å². The van der Waals surface area contributed by atoms with Crippen LogP contribution in [-0.2, 0) is 24.4 Å². The van der Waals surface area contributed by atoms with Gasteiger partial charge in [-0.25, -0.2) is 0 Å². The van der Waals surface area contributed by atoms with Gasteiger partial charge >= 0.3 is 41.5 Å². The fraction of sp³-hybridized carbons (Fsp3) is 0.882. The second-order valence-electron chi connectivity index (χ2n) is 6.30. The van der Waals surface area contributed by atoms with Gasteiger partial charge in [-0.3, -0.25) is 14.1 Å². The van der Waals surface area contributed by atoms with Gasteiger partial charge < -0.3 is 9.84 Å². The summed E-state index contributed by atoms with van der Waals surface area (Å²) < 4.78 is 35.7. The average Bonchev–Trinajstić information content (AvgIpc) is 2.52. The van der Waals surface area contributed by atoms with Crippen molar-refractivity contribution in [2.24, 2.45) is 0 Å².